The third kappa shape index (κ3) is 4.27. The van der Waals surface area contributed by atoms with Crippen molar-refractivity contribution in [1.82, 2.24) is 5.32 Å². The second-order valence-corrected chi connectivity index (χ2v) is 6.87. The van der Waals surface area contributed by atoms with Gasteiger partial charge in [0.2, 0.25) is 0 Å². The van der Waals surface area contributed by atoms with Crippen molar-refractivity contribution in [3.05, 3.63) is 59.4 Å². The minimum Gasteiger partial charge on any atom is -0.493 e. The largest absolute Gasteiger partial charge is 0.493 e. The summed E-state index contributed by atoms with van der Waals surface area (Å²) in [5, 5.41) is 2.42. The molecule has 0 unspecified atom stereocenters. The second kappa shape index (κ2) is 8.40. The maximum absolute atomic E-state index is 13.3. The fourth-order valence-electron chi connectivity index (χ4n) is 2.81. The van der Waals surface area contributed by atoms with Crippen molar-refractivity contribution in [3.63, 3.8) is 0 Å². The van der Waals surface area contributed by atoms with Crippen molar-refractivity contribution >= 4 is 40.9 Å². The number of methoxy groups -OCH3 is 1. The highest BCUT2D eigenvalue weighted by molar-refractivity contribution is 7.80. The van der Waals surface area contributed by atoms with E-state index in [-0.39, 0.29) is 16.8 Å². The molecule has 1 aliphatic heterocycles. The smallest absolute Gasteiger partial charge is 0.270 e. The second-order valence-electron chi connectivity index (χ2n) is 6.48. The first-order valence-electron chi connectivity index (χ1n) is 8.82. The van der Waals surface area contributed by atoms with Crippen LogP contribution in [0.25, 0.3) is 6.08 Å². The molecule has 0 aliphatic carbocycles. The summed E-state index contributed by atoms with van der Waals surface area (Å²) in [6.45, 7) is 3.72. The Labute approximate surface area is 172 Å². The molecule has 0 atom stereocenters. The molecular weight excluding hydrogens is 395 g/mol. The van der Waals surface area contributed by atoms with Crippen LogP contribution in [0.1, 0.15) is 19.4 Å². The van der Waals surface area contributed by atoms with Gasteiger partial charge < -0.3 is 9.47 Å². The number of amides is 2. The van der Waals surface area contributed by atoms with Crippen molar-refractivity contribution < 1.29 is 23.5 Å². The van der Waals surface area contributed by atoms with Gasteiger partial charge in [-0.2, -0.15) is 0 Å². The van der Waals surface area contributed by atoms with E-state index in [2.05, 4.69) is 5.32 Å². The SMILES string of the molecule is COc1cccc(/C=C2\C(=O)NC(=S)N(c3ccc(F)cc3)C2=O)c1OC(C)C. The van der Waals surface area contributed by atoms with E-state index in [1.807, 2.05) is 13.8 Å². The van der Waals surface area contributed by atoms with Crippen LogP contribution in [0.5, 0.6) is 11.5 Å². The number of thiocarbonyl (C=S) groups is 1. The Morgan fingerprint density at radius 3 is 2.45 bits per heavy atom. The summed E-state index contributed by atoms with van der Waals surface area (Å²) in [5.41, 5.74) is 0.713. The molecule has 2 aromatic carbocycles. The molecule has 0 spiro atoms. The average molecular weight is 414 g/mol. The third-order valence-corrected chi connectivity index (χ3v) is 4.35. The first kappa shape index (κ1) is 20.5. The van der Waals surface area contributed by atoms with Gasteiger partial charge in [0.1, 0.15) is 11.4 Å². The molecule has 1 fully saturated rings. The molecule has 1 saturated heterocycles. The van der Waals surface area contributed by atoms with Gasteiger partial charge in [-0.25, -0.2) is 4.39 Å². The number of ether oxygens (including phenoxy) is 2. The number of para-hydroxylation sites is 1. The molecular formula is C21H19FN2O4S. The summed E-state index contributed by atoms with van der Waals surface area (Å²) in [6, 6.07) is 10.4. The average Bonchev–Trinajstić information content (AvgIpc) is 2.67. The number of benzene rings is 2. The van der Waals surface area contributed by atoms with Crippen LogP contribution in [-0.4, -0.2) is 30.1 Å². The van der Waals surface area contributed by atoms with Gasteiger partial charge in [-0.1, -0.05) is 12.1 Å². The van der Waals surface area contributed by atoms with Crippen molar-refractivity contribution in [2.24, 2.45) is 0 Å². The predicted molar refractivity (Wildman–Crippen MR) is 111 cm³/mol. The van der Waals surface area contributed by atoms with Crippen molar-refractivity contribution in [3.8, 4) is 11.5 Å². The Morgan fingerprint density at radius 2 is 1.83 bits per heavy atom. The molecule has 29 heavy (non-hydrogen) atoms. The Bertz CT molecular complexity index is 1000. The van der Waals surface area contributed by atoms with Crippen molar-refractivity contribution in [2.75, 3.05) is 12.0 Å². The summed E-state index contributed by atoms with van der Waals surface area (Å²) in [4.78, 5) is 26.7. The standard InChI is InChI=1S/C21H19FN2O4S/c1-12(2)28-18-13(5-4-6-17(18)27-3)11-16-19(25)23-21(29)24(20(16)26)15-9-7-14(22)8-10-15/h4-12H,1-3H3,(H,23,25,29)/b16-11+. The van der Waals surface area contributed by atoms with Crippen LogP contribution in [0.15, 0.2) is 48.0 Å². The lowest BCUT2D eigenvalue weighted by Gasteiger charge is -2.29. The topological polar surface area (TPSA) is 67.9 Å². The highest BCUT2D eigenvalue weighted by atomic mass is 32.1. The molecule has 0 aromatic heterocycles. The minimum absolute atomic E-state index is 0.0759. The van der Waals surface area contributed by atoms with Gasteiger partial charge in [-0.15, -0.1) is 0 Å². The Morgan fingerprint density at radius 1 is 1.14 bits per heavy atom. The van der Waals surface area contributed by atoms with Crippen LogP contribution in [-0.2, 0) is 9.59 Å². The first-order chi connectivity index (χ1) is 13.8. The Balaban J connectivity index is 2.06. The molecule has 0 radical (unpaired) electrons. The fraction of sp³-hybridized carbons (Fsp3) is 0.190. The van der Waals surface area contributed by atoms with Crippen molar-refractivity contribution in [2.45, 2.75) is 20.0 Å². The van der Waals surface area contributed by atoms with E-state index in [9.17, 15) is 14.0 Å². The minimum atomic E-state index is -0.628. The zero-order valence-electron chi connectivity index (χ0n) is 16.1. The molecule has 2 amide bonds. The molecule has 1 aliphatic rings. The summed E-state index contributed by atoms with van der Waals surface area (Å²) in [7, 11) is 1.51. The van der Waals surface area contributed by atoms with E-state index in [1.165, 1.54) is 37.5 Å². The molecule has 150 valence electrons. The number of hydrogen-bond donors (Lipinski definition) is 1. The highest BCUT2D eigenvalue weighted by Crippen LogP contribution is 2.34. The van der Waals surface area contributed by atoms with E-state index in [0.717, 1.165) is 4.90 Å². The van der Waals surface area contributed by atoms with E-state index >= 15 is 0 Å². The maximum atomic E-state index is 13.3. The predicted octanol–water partition coefficient (Wildman–Crippen LogP) is 3.45. The zero-order chi connectivity index (χ0) is 21.1. The fourth-order valence-corrected chi connectivity index (χ4v) is 3.09. The number of hydrogen-bond acceptors (Lipinski definition) is 5. The normalized spacial score (nSPS) is 15.7. The van der Waals surface area contributed by atoms with Crippen LogP contribution in [0.4, 0.5) is 10.1 Å². The molecule has 6 nitrogen and oxygen atoms in total. The van der Waals surface area contributed by atoms with Gasteiger partial charge in [-0.05, 0) is 62.5 Å². The Kier molecular flexibility index (Phi) is 5.93. The summed E-state index contributed by atoms with van der Waals surface area (Å²) in [5.74, 6) is -0.807. The number of carbonyl (C=O) groups excluding carboxylic acids is 2. The highest BCUT2D eigenvalue weighted by Gasteiger charge is 2.34. The van der Waals surface area contributed by atoms with Crippen LogP contribution < -0.4 is 19.7 Å². The van der Waals surface area contributed by atoms with E-state index in [4.69, 9.17) is 21.7 Å². The molecule has 1 heterocycles. The number of anilines is 1. The lowest BCUT2D eigenvalue weighted by atomic mass is 10.1. The maximum Gasteiger partial charge on any atom is 0.270 e. The van der Waals surface area contributed by atoms with Crippen molar-refractivity contribution in [1.29, 1.82) is 0 Å². The molecule has 0 saturated carbocycles. The number of nitrogens with zero attached hydrogens (tertiary/aromatic N) is 1. The monoisotopic (exact) mass is 414 g/mol. The number of carbonyl (C=O) groups is 2. The summed E-state index contributed by atoms with van der Waals surface area (Å²) >= 11 is 5.14. The van der Waals surface area contributed by atoms with Gasteiger partial charge >= 0.3 is 0 Å². The lowest BCUT2D eigenvalue weighted by molar-refractivity contribution is -0.122. The lowest BCUT2D eigenvalue weighted by Crippen LogP contribution is -2.54. The molecule has 2 aromatic rings. The Hall–Kier alpha value is -3.26. The van der Waals surface area contributed by atoms with E-state index in [1.54, 1.807) is 18.2 Å². The van der Waals surface area contributed by atoms with Crippen LogP contribution in [0.2, 0.25) is 0 Å². The molecule has 8 heteroatoms. The van der Waals surface area contributed by atoms with E-state index < -0.39 is 17.6 Å². The van der Waals surface area contributed by atoms with E-state index in [0.29, 0.717) is 22.7 Å². The molecule has 0 bridgehead atoms. The number of halogens is 1. The summed E-state index contributed by atoms with van der Waals surface area (Å²) < 4.78 is 24.4. The first-order valence-corrected chi connectivity index (χ1v) is 9.23. The van der Waals surface area contributed by atoms with Crippen LogP contribution in [0.3, 0.4) is 0 Å². The van der Waals surface area contributed by atoms with Gasteiger partial charge in [0.05, 0.1) is 18.9 Å². The van der Waals surface area contributed by atoms with Gasteiger partial charge in [0.15, 0.2) is 16.6 Å². The third-order valence-electron chi connectivity index (χ3n) is 4.07. The molecule has 1 N–H and O–H groups in total. The van der Waals surface area contributed by atoms with Gasteiger partial charge in [-0.3, -0.25) is 19.8 Å². The quantitative estimate of drug-likeness (QED) is 0.461. The molecule has 3 rings (SSSR count). The number of nitrogens with one attached hydrogen (secondary N) is 1. The van der Waals surface area contributed by atoms with Crippen LogP contribution >= 0.6 is 12.2 Å². The van der Waals surface area contributed by atoms with Gasteiger partial charge in [0.25, 0.3) is 11.8 Å². The number of rotatable bonds is 5. The summed E-state index contributed by atoms with van der Waals surface area (Å²) in [6.07, 6.45) is 1.28. The van der Waals surface area contributed by atoms with Gasteiger partial charge in [0, 0.05) is 5.56 Å². The van der Waals surface area contributed by atoms with Crippen LogP contribution in [0, 0.1) is 5.82 Å². The zero-order valence-corrected chi connectivity index (χ0v) is 16.9.